The third kappa shape index (κ3) is 2.16. The van der Waals surface area contributed by atoms with Crippen molar-refractivity contribution in [1.29, 1.82) is 0 Å². The van der Waals surface area contributed by atoms with E-state index >= 15 is 0 Å². The normalized spacial score (nSPS) is 14.2. The summed E-state index contributed by atoms with van der Waals surface area (Å²) >= 11 is 0. The molecule has 0 bridgehead atoms. The summed E-state index contributed by atoms with van der Waals surface area (Å²) < 4.78 is 1.56. The van der Waals surface area contributed by atoms with Gasteiger partial charge in [-0.2, -0.15) is 0 Å². The number of anilines is 2. The number of benzene rings is 1. The maximum Gasteiger partial charge on any atom is 0.323 e. The molecule has 0 spiro atoms. The summed E-state index contributed by atoms with van der Waals surface area (Å²) in [6.45, 7) is 2.15. The van der Waals surface area contributed by atoms with Crippen LogP contribution in [0.15, 0.2) is 34.3 Å². The van der Waals surface area contributed by atoms with E-state index in [1.54, 1.807) is 34.8 Å². The number of nitrogens with zero attached hydrogens (tertiary/aromatic N) is 5. The second kappa shape index (κ2) is 5.05. The van der Waals surface area contributed by atoms with Gasteiger partial charge in [0.15, 0.2) is 0 Å². The Kier molecular flexibility index (Phi) is 2.98. The van der Waals surface area contributed by atoms with Crippen molar-refractivity contribution in [3.63, 3.8) is 0 Å². The molecule has 4 rings (SSSR count). The summed E-state index contributed by atoms with van der Waals surface area (Å²) in [5.74, 6) is 0.355. The van der Waals surface area contributed by atoms with Gasteiger partial charge in [-0.15, -0.1) is 0 Å². The Bertz CT molecular complexity index is 1040. The average molecular weight is 326 g/mol. The van der Waals surface area contributed by atoms with E-state index in [-0.39, 0.29) is 11.6 Å². The van der Waals surface area contributed by atoms with Gasteiger partial charge >= 0.3 is 5.69 Å². The molecule has 0 aliphatic carbocycles. The second-order valence-electron chi connectivity index (χ2n) is 5.55. The maximum atomic E-state index is 12.6. The van der Waals surface area contributed by atoms with E-state index < -0.39 is 0 Å². The molecule has 1 aliphatic rings. The fourth-order valence-corrected chi connectivity index (χ4v) is 2.71. The highest BCUT2D eigenvalue weighted by Crippen LogP contribution is 2.24. The van der Waals surface area contributed by atoms with E-state index in [0.29, 0.717) is 34.8 Å². The highest BCUT2D eigenvalue weighted by atomic mass is 16.2. The zero-order chi connectivity index (χ0) is 16.8. The van der Waals surface area contributed by atoms with Crippen LogP contribution in [0.1, 0.15) is 6.92 Å². The van der Waals surface area contributed by atoms with E-state index in [4.69, 9.17) is 0 Å². The largest absolute Gasteiger partial charge is 0.323 e. The van der Waals surface area contributed by atoms with Gasteiger partial charge in [0.05, 0.1) is 23.2 Å². The van der Waals surface area contributed by atoms with Crippen LogP contribution in [0.2, 0.25) is 0 Å². The average Bonchev–Trinajstić information content (AvgIpc) is 3.15. The van der Waals surface area contributed by atoms with Gasteiger partial charge in [0.1, 0.15) is 0 Å². The predicted molar refractivity (Wildman–Crippen MR) is 86.5 cm³/mol. The van der Waals surface area contributed by atoms with Crippen molar-refractivity contribution in [2.24, 2.45) is 0 Å². The lowest BCUT2D eigenvalue weighted by molar-refractivity contribution is -0.113. The van der Waals surface area contributed by atoms with Crippen LogP contribution >= 0.6 is 0 Å². The Morgan fingerprint density at radius 1 is 1.29 bits per heavy atom. The molecule has 10 heteroatoms. The van der Waals surface area contributed by atoms with Crippen molar-refractivity contribution in [3.8, 4) is 0 Å². The predicted octanol–water partition coefficient (Wildman–Crippen LogP) is 0.205. The lowest BCUT2D eigenvalue weighted by Crippen LogP contribution is -2.32. The van der Waals surface area contributed by atoms with Gasteiger partial charge in [-0.25, -0.2) is 9.48 Å². The molecule has 0 radical (unpaired) electrons. The first-order chi connectivity index (χ1) is 11.5. The highest BCUT2D eigenvalue weighted by molar-refractivity contribution is 6.05. The SMILES string of the molecule is CC1=C(C(=O)Nc2ccc3[nH]c(=O)[nH]c3c2)Cn2nnnc2N1C. The molecular weight excluding hydrogens is 312 g/mol. The topological polar surface area (TPSA) is 125 Å². The van der Waals surface area contributed by atoms with E-state index in [1.807, 2.05) is 6.92 Å². The first-order valence-corrected chi connectivity index (χ1v) is 7.26. The van der Waals surface area contributed by atoms with Crippen molar-refractivity contribution < 1.29 is 4.79 Å². The van der Waals surface area contributed by atoms with Crippen LogP contribution in [0.5, 0.6) is 0 Å². The van der Waals surface area contributed by atoms with Crippen LogP contribution in [0.4, 0.5) is 11.6 Å². The molecule has 122 valence electrons. The summed E-state index contributed by atoms with van der Waals surface area (Å²) in [5, 5.41) is 14.3. The van der Waals surface area contributed by atoms with E-state index in [1.165, 1.54) is 0 Å². The molecule has 0 saturated heterocycles. The number of aromatic amines is 2. The molecule has 0 unspecified atom stereocenters. The fraction of sp³-hybridized carbons (Fsp3) is 0.214. The molecule has 1 aliphatic heterocycles. The van der Waals surface area contributed by atoms with Gasteiger partial charge in [0.25, 0.3) is 5.91 Å². The number of amides is 1. The molecule has 3 N–H and O–H groups in total. The Balaban J connectivity index is 1.63. The standard InChI is InChI=1S/C14H14N8O2/c1-7-9(6-22-14(21(7)2)18-19-20-22)12(23)15-8-3-4-10-11(5-8)17-13(24)16-10/h3-5H,6H2,1-2H3,(H,15,23)(H2,16,17,24). The molecule has 10 nitrogen and oxygen atoms in total. The Hall–Kier alpha value is -3.43. The number of allylic oxidation sites excluding steroid dienone is 1. The van der Waals surface area contributed by atoms with Crippen LogP contribution in [0, 0.1) is 0 Å². The highest BCUT2D eigenvalue weighted by Gasteiger charge is 2.26. The second-order valence-corrected chi connectivity index (χ2v) is 5.55. The summed E-state index contributed by atoms with van der Waals surface area (Å²) in [6.07, 6.45) is 0. The van der Waals surface area contributed by atoms with Crippen LogP contribution < -0.4 is 15.9 Å². The molecular formula is C14H14N8O2. The first kappa shape index (κ1) is 14.2. The Morgan fingerprint density at radius 3 is 2.92 bits per heavy atom. The van der Waals surface area contributed by atoms with Gasteiger partial charge in [0.2, 0.25) is 5.95 Å². The molecule has 0 fully saturated rings. The van der Waals surface area contributed by atoms with Crippen LogP contribution in [-0.2, 0) is 11.3 Å². The number of rotatable bonds is 2. The number of nitrogens with one attached hydrogen (secondary N) is 3. The van der Waals surface area contributed by atoms with Crippen molar-refractivity contribution in [2.45, 2.75) is 13.5 Å². The van der Waals surface area contributed by atoms with Crippen molar-refractivity contribution in [1.82, 2.24) is 30.2 Å². The van der Waals surface area contributed by atoms with Crippen LogP contribution in [0.25, 0.3) is 11.0 Å². The molecule has 0 saturated carbocycles. The van der Waals surface area contributed by atoms with Crippen molar-refractivity contribution in [3.05, 3.63) is 40.0 Å². The summed E-state index contributed by atoms with van der Waals surface area (Å²) in [4.78, 5) is 31.0. The minimum atomic E-state index is -0.285. The minimum absolute atomic E-state index is 0.238. The number of H-pyrrole nitrogens is 2. The van der Waals surface area contributed by atoms with E-state index in [0.717, 1.165) is 5.70 Å². The quantitative estimate of drug-likeness (QED) is 0.618. The zero-order valence-electron chi connectivity index (χ0n) is 13.0. The minimum Gasteiger partial charge on any atom is -0.322 e. The summed E-state index contributed by atoms with van der Waals surface area (Å²) in [6, 6.07) is 5.17. The van der Waals surface area contributed by atoms with Crippen LogP contribution in [-0.4, -0.2) is 43.1 Å². The van der Waals surface area contributed by atoms with Gasteiger partial charge in [-0.1, -0.05) is 5.10 Å². The molecule has 3 heterocycles. The molecule has 1 aromatic carbocycles. The molecule has 2 aromatic heterocycles. The number of aromatic nitrogens is 6. The number of tetrazole rings is 1. The number of fused-ring (bicyclic) bond motifs is 2. The van der Waals surface area contributed by atoms with E-state index in [9.17, 15) is 9.59 Å². The Morgan fingerprint density at radius 2 is 2.08 bits per heavy atom. The lowest BCUT2D eigenvalue weighted by atomic mass is 10.1. The zero-order valence-corrected chi connectivity index (χ0v) is 13.0. The third-order valence-electron chi connectivity index (χ3n) is 4.11. The summed E-state index contributed by atoms with van der Waals surface area (Å²) in [5.41, 5.74) is 2.97. The number of hydrogen-bond donors (Lipinski definition) is 3. The fourth-order valence-electron chi connectivity index (χ4n) is 2.71. The third-order valence-corrected chi connectivity index (χ3v) is 4.11. The molecule has 0 atom stereocenters. The van der Waals surface area contributed by atoms with Gasteiger partial charge in [-0.05, 0) is 35.5 Å². The number of carbonyl (C=O) groups excluding carboxylic acids is 1. The van der Waals surface area contributed by atoms with Crippen molar-refractivity contribution in [2.75, 3.05) is 17.3 Å². The summed E-state index contributed by atoms with van der Waals surface area (Å²) in [7, 11) is 1.81. The molecule has 1 amide bonds. The number of imidazole rings is 1. The Labute approximate surface area is 135 Å². The maximum absolute atomic E-state index is 12.6. The molecule has 24 heavy (non-hydrogen) atoms. The first-order valence-electron chi connectivity index (χ1n) is 7.26. The smallest absolute Gasteiger partial charge is 0.322 e. The van der Waals surface area contributed by atoms with Crippen LogP contribution in [0.3, 0.4) is 0 Å². The van der Waals surface area contributed by atoms with Gasteiger partial charge in [0, 0.05) is 18.4 Å². The number of carbonyl (C=O) groups is 1. The van der Waals surface area contributed by atoms with Crippen molar-refractivity contribution >= 4 is 28.6 Å². The van der Waals surface area contributed by atoms with E-state index in [2.05, 4.69) is 30.8 Å². The monoisotopic (exact) mass is 326 g/mol. The number of hydrogen-bond acceptors (Lipinski definition) is 6. The molecule has 3 aromatic rings. The van der Waals surface area contributed by atoms with Gasteiger partial charge in [-0.3, -0.25) is 4.79 Å². The lowest BCUT2D eigenvalue weighted by Gasteiger charge is -2.26. The van der Waals surface area contributed by atoms with Gasteiger partial charge < -0.3 is 20.2 Å².